The molecule has 0 aliphatic heterocycles. The Balaban J connectivity index is 2.57. The molecule has 0 amide bonds. The van der Waals surface area contributed by atoms with Crippen molar-refractivity contribution in [2.75, 3.05) is 14.2 Å². The van der Waals surface area contributed by atoms with E-state index in [-0.39, 0.29) is 6.04 Å². The molecule has 0 fully saturated rings. The van der Waals surface area contributed by atoms with Gasteiger partial charge in [0.25, 0.3) is 0 Å². The van der Waals surface area contributed by atoms with Crippen molar-refractivity contribution < 1.29 is 9.47 Å². The van der Waals surface area contributed by atoms with E-state index >= 15 is 0 Å². The Morgan fingerprint density at radius 2 is 1.65 bits per heavy atom. The smallest absolute Gasteiger partial charge is 0.127 e. The summed E-state index contributed by atoms with van der Waals surface area (Å²) >= 11 is 3.47. The number of hydrogen-bond donors (Lipinski definition) is 2. The number of ether oxygens (including phenoxy) is 2. The minimum absolute atomic E-state index is 0.224. The van der Waals surface area contributed by atoms with Crippen LogP contribution < -0.4 is 20.7 Å². The molecule has 20 heavy (non-hydrogen) atoms. The Kier molecular flexibility index (Phi) is 5.00. The molecular weight excluding hydrogens is 320 g/mol. The summed E-state index contributed by atoms with van der Waals surface area (Å²) in [6.07, 6.45) is 0. The Morgan fingerprint density at radius 1 is 1.05 bits per heavy atom. The highest BCUT2D eigenvalue weighted by atomic mass is 79.9. The SMILES string of the molecule is COc1cccc(OC)c1C(NN)c1cccc(Br)c1. The van der Waals surface area contributed by atoms with Crippen LogP contribution in [0.2, 0.25) is 0 Å². The summed E-state index contributed by atoms with van der Waals surface area (Å²) in [5.41, 5.74) is 4.72. The number of rotatable bonds is 5. The highest BCUT2D eigenvalue weighted by Crippen LogP contribution is 2.37. The van der Waals surface area contributed by atoms with Crippen LogP contribution in [0.4, 0.5) is 0 Å². The van der Waals surface area contributed by atoms with E-state index in [0.717, 1.165) is 27.1 Å². The third-order valence-corrected chi connectivity index (χ3v) is 3.60. The van der Waals surface area contributed by atoms with Gasteiger partial charge in [0.2, 0.25) is 0 Å². The molecule has 0 spiro atoms. The molecule has 1 unspecified atom stereocenters. The van der Waals surface area contributed by atoms with Gasteiger partial charge in [-0.2, -0.15) is 0 Å². The highest BCUT2D eigenvalue weighted by molar-refractivity contribution is 9.10. The predicted molar refractivity (Wildman–Crippen MR) is 82.9 cm³/mol. The molecule has 0 aliphatic rings. The van der Waals surface area contributed by atoms with Gasteiger partial charge in [-0.05, 0) is 29.8 Å². The predicted octanol–water partition coefficient (Wildman–Crippen LogP) is 3.02. The minimum atomic E-state index is -0.224. The second-order valence-corrected chi connectivity index (χ2v) is 5.15. The molecule has 0 aromatic heterocycles. The van der Waals surface area contributed by atoms with Gasteiger partial charge >= 0.3 is 0 Å². The van der Waals surface area contributed by atoms with Crippen LogP contribution in [-0.2, 0) is 0 Å². The van der Waals surface area contributed by atoms with Crippen LogP contribution in [0, 0.1) is 0 Å². The van der Waals surface area contributed by atoms with Crippen molar-refractivity contribution in [3.63, 3.8) is 0 Å². The van der Waals surface area contributed by atoms with E-state index in [9.17, 15) is 0 Å². The molecule has 0 aliphatic carbocycles. The summed E-state index contributed by atoms with van der Waals surface area (Å²) in [6.45, 7) is 0. The van der Waals surface area contributed by atoms with Gasteiger partial charge in [0.05, 0.1) is 25.8 Å². The van der Waals surface area contributed by atoms with Crippen molar-refractivity contribution >= 4 is 15.9 Å². The number of hydrazine groups is 1. The Labute approximate surface area is 127 Å². The fourth-order valence-electron chi connectivity index (χ4n) is 2.20. The first-order valence-electron chi connectivity index (χ1n) is 6.13. The summed E-state index contributed by atoms with van der Waals surface area (Å²) in [6, 6.07) is 13.4. The zero-order valence-electron chi connectivity index (χ0n) is 11.4. The van der Waals surface area contributed by atoms with E-state index in [1.165, 1.54) is 0 Å². The fourth-order valence-corrected chi connectivity index (χ4v) is 2.61. The Hall–Kier alpha value is -1.56. The Bertz CT molecular complexity index is 568. The molecule has 1 atom stereocenters. The first-order chi connectivity index (χ1) is 9.71. The van der Waals surface area contributed by atoms with Crippen molar-refractivity contribution in [1.82, 2.24) is 5.43 Å². The lowest BCUT2D eigenvalue weighted by Gasteiger charge is -2.22. The van der Waals surface area contributed by atoms with Gasteiger partial charge in [-0.25, -0.2) is 5.43 Å². The van der Waals surface area contributed by atoms with Crippen LogP contribution >= 0.6 is 15.9 Å². The molecule has 0 saturated heterocycles. The minimum Gasteiger partial charge on any atom is -0.496 e. The molecule has 0 radical (unpaired) electrons. The third kappa shape index (κ3) is 2.95. The normalized spacial score (nSPS) is 12.0. The molecular formula is C15H17BrN2O2. The van der Waals surface area contributed by atoms with E-state index in [2.05, 4.69) is 21.4 Å². The number of hydrogen-bond acceptors (Lipinski definition) is 4. The summed E-state index contributed by atoms with van der Waals surface area (Å²) in [5.74, 6) is 7.22. The molecule has 2 aromatic carbocycles. The average Bonchev–Trinajstić information content (AvgIpc) is 2.48. The number of methoxy groups -OCH3 is 2. The van der Waals surface area contributed by atoms with Crippen LogP contribution in [0.3, 0.4) is 0 Å². The molecule has 0 heterocycles. The van der Waals surface area contributed by atoms with Gasteiger partial charge in [-0.3, -0.25) is 5.84 Å². The zero-order chi connectivity index (χ0) is 14.5. The molecule has 2 rings (SSSR count). The van der Waals surface area contributed by atoms with Gasteiger partial charge in [0.1, 0.15) is 11.5 Å². The van der Waals surface area contributed by atoms with Crippen molar-refractivity contribution in [3.05, 3.63) is 58.1 Å². The lowest BCUT2D eigenvalue weighted by Crippen LogP contribution is -2.29. The molecule has 5 heteroatoms. The third-order valence-electron chi connectivity index (χ3n) is 3.10. The lowest BCUT2D eigenvalue weighted by atomic mass is 9.97. The van der Waals surface area contributed by atoms with Crippen LogP contribution in [0.1, 0.15) is 17.2 Å². The van der Waals surface area contributed by atoms with Crippen LogP contribution in [0.15, 0.2) is 46.9 Å². The maximum Gasteiger partial charge on any atom is 0.127 e. The van der Waals surface area contributed by atoms with E-state index in [0.29, 0.717) is 0 Å². The molecule has 4 nitrogen and oxygen atoms in total. The quantitative estimate of drug-likeness (QED) is 0.651. The highest BCUT2D eigenvalue weighted by Gasteiger charge is 2.21. The molecule has 0 bridgehead atoms. The lowest BCUT2D eigenvalue weighted by molar-refractivity contribution is 0.377. The first kappa shape index (κ1) is 14.8. The molecule has 0 saturated carbocycles. The molecule has 106 valence electrons. The van der Waals surface area contributed by atoms with Gasteiger partial charge < -0.3 is 9.47 Å². The largest absolute Gasteiger partial charge is 0.496 e. The van der Waals surface area contributed by atoms with Crippen molar-refractivity contribution in [1.29, 1.82) is 0 Å². The zero-order valence-corrected chi connectivity index (χ0v) is 13.0. The summed E-state index contributed by atoms with van der Waals surface area (Å²) in [5, 5.41) is 0. The molecule has 3 N–H and O–H groups in total. The number of nitrogens with two attached hydrogens (primary N) is 1. The van der Waals surface area contributed by atoms with Gasteiger partial charge in [0.15, 0.2) is 0 Å². The van der Waals surface area contributed by atoms with Crippen LogP contribution in [-0.4, -0.2) is 14.2 Å². The maximum absolute atomic E-state index is 5.76. The first-order valence-corrected chi connectivity index (χ1v) is 6.93. The van der Waals surface area contributed by atoms with Gasteiger partial charge in [-0.15, -0.1) is 0 Å². The van der Waals surface area contributed by atoms with E-state index in [1.807, 2.05) is 42.5 Å². The van der Waals surface area contributed by atoms with Crippen LogP contribution in [0.5, 0.6) is 11.5 Å². The maximum atomic E-state index is 5.76. The topological polar surface area (TPSA) is 56.5 Å². The second-order valence-electron chi connectivity index (χ2n) is 4.23. The van der Waals surface area contributed by atoms with Crippen LogP contribution in [0.25, 0.3) is 0 Å². The number of nitrogens with one attached hydrogen (secondary N) is 1. The van der Waals surface area contributed by atoms with E-state index in [4.69, 9.17) is 15.3 Å². The number of benzene rings is 2. The summed E-state index contributed by atoms with van der Waals surface area (Å²) in [7, 11) is 3.26. The second kappa shape index (κ2) is 6.74. The molecule has 2 aromatic rings. The Morgan fingerprint density at radius 3 is 2.15 bits per heavy atom. The summed E-state index contributed by atoms with van der Waals surface area (Å²) < 4.78 is 11.9. The van der Waals surface area contributed by atoms with Crippen molar-refractivity contribution in [2.24, 2.45) is 5.84 Å². The monoisotopic (exact) mass is 336 g/mol. The average molecular weight is 337 g/mol. The van der Waals surface area contributed by atoms with Crippen molar-refractivity contribution in [3.8, 4) is 11.5 Å². The summed E-state index contributed by atoms with van der Waals surface area (Å²) in [4.78, 5) is 0. The van der Waals surface area contributed by atoms with Gasteiger partial charge in [-0.1, -0.05) is 34.1 Å². The van der Waals surface area contributed by atoms with E-state index in [1.54, 1.807) is 14.2 Å². The fraction of sp³-hybridized carbons (Fsp3) is 0.200. The van der Waals surface area contributed by atoms with Gasteiger partial charge in [0, 0.05) is 4.47 Å². The standard InChI is InChI=1S/C15H17BrN2O2/c1-19-12-7-4-8-13(20-2)14(12)15(18-17)10-5-3-6-11(16)9-10/h3-9,15,18H,17H2,1-2H3. The number of halogens is 1. The van der Waals surface area contributed by atoms with E-state index < -0.39 is 0 Å². The van der Waals surface area contributed by atoms with Crippen molar-refractivity contribution in [2.45, 2.75) is 6.04 Å².